The molecule has 1 unspecified atom stereocenters. The molecule has 1 aromatic carbocycles. The Bertz CT molecular complexity index is 998. The molecule has 0 spiro atoms. The Labute approximate surface area is 167 Å². The van der Waals surface area contributed by atoms with Crippen LogP contribution >= 0.6 is 0 Å². The third-order valence-corrected chi connectivity index (χ3v) is 5.21. The predicted octanol–water partition coefficient (Wildman–Crippen LogP) is 3.38. The number of nitrogens with zero attached hydrogens (tertiary/aromatic N) is 4. The van der Waals surface area contributed by atoms with Gasteiger partial charge in [0, 0.05) is 23.6 Å². The van der Waals surface area contributed by atoms with Crippen LogP contribution in [0.4, 0.5) is 22.1 Å². The molecular formula is C20H22FN7O. The fourth-order valence-corrected chi connectivity index (χ4v) is 3.24. The average Bonchev–Trinajstić information content (AvgIpc) is 3.65. The minimum Gasteiger partial charge on any atom is -0.394 e. The van der Waals surface area contributed by atoms with Gasteiger partial charge in [0.2, 0.25) is 11.9 Å². The van der Waals surface area contributed by atoms with Crippen molar-refractivity contribution in [2.75, 3.05) is 17.2 Å². The summed E-state index contributed by atoms with van der Waals surface area (Å²) in [7, 11) is 0. The van der Waals surface area contributed by atoms with Crippen LogP contribution in [-0.2, 0) is 0 Å². The van der Waals surface area contributed by atoms with Gasteiger partial charge in [0.05, 0.1) is 12.6 Å². The normalized spacial score (nSPS) is 17.2. The molecule has 9 heteroatoms. The number of hydrogen-bond donors (Lipinski definition) is 4. The molecular weight excluding hydrogens is 373 g/mol. The van der Waals surface area contributed by atoms with E-state index in [0.717, 1.165) is 29.9 Å². The van der Waals surface area contributed by atoms with Gasteiger partial charge in [-0.1, -0.05) is 12.1 Å². The van der Waals surface area contributed by atoms with Gasteiger partial charge in [-0.3, -0.25) is 5.10 Å². The number of anilines is 3. The van der Waals surface area contributed by atoms with Crippen molar-refractivity contribution in [3.63, 3.8) is 0 Å². The summed E-state index contributed by atoms with van der Waals surface area (Å²) in [4.78, 5) is 13.5. The summed E-state index contributed by atoms with van der Waals surface area (Å²) in [6.07, 6.45) is 4.50. The van der Waals surface area contributed by atoms with Gasteiger partial charge in [-0.15, -0.1) is 0 Å². The molecule has 3 aromatic rings. The standard InChI is InChI=1S/C20H22FN7O/c21-14-7-5-12(6-8-14)16(10-29)22-19-24-18(13-3-4-13)25-20(26-19)23-17-9-15(27-28-17)11-1-2-11/h5-9,11,13,16,29H,1-4,10H2,(H3,22,23,24,25,26,27,28). The Morgan fingerprint density at radius 3 is 2.45 bits per heavy atom. The molecule has 5 rings (SSSR count). The molecule has 0 radical (unpaired) electrons. The Hall–Kier alpha value is -3.07. The fraction of sp³-hybridized carbons (Fsp3) is 0.400. The number of aliphatic hydroxyl groups is 1. The summed E-state index contributed by atoms with van der Waals surface area (Å²) in [6.45, 7) is -0.178. The number of halogens is 1. The number of hydrogen-bond acceptors (Lipinski definition) is 7. The zero-order valence-corrected chi connectivity index (χ0v) is 15.8. The largest absolute Gasteiger partial charge is 0.394 e. The molecule has 0 saturated heterocycles. The Kier molecular flexibility index (Phi) is 4.59. The molecule has 1 atom stereocenters. The molecule has 0 bridgehead atoms. The van der Waals surface area contributed by atoms with E-state index in [-0.39, 0.29) is 12.4 Å². The van der Waals surface area contributed by atoms with Crippen molar-refractivity contribution < 1.29 is 9.50 Å². The molecule has 0 amide bonds. The van der Waals surface area contributed by atoms with Crippen LogP contribution in [0.25, 0.3) is 0 Å². The van der Waals surface area contributed by atoms with Gasteiger partial charge in [-0.2, -0.15) is 20.1 Å². The summed E-state index contributed by atoms with van der Waals surface area (Å²) >= 11 is 0. The van der Waals surface area contributed by atoms with E-state index in [0.29, 0.717) is 29.6 Å². The van der Waals surface area contributed by atoms with Gasteiger partial charge in [0.15, 0.2) is 5.82 Å². The molecule has 2 aromatic heterocycles. The minimum atomic E-state index is -0.454. The molecule has 150 valence electrons. The van der Waals surface area contributed by atoms with Crippen LogP contribution < -0.4 is 10.6 Å². The SMILES string of the molecule is OCC(Nc1nc(Nc2cc(C3CC3)[nH]n2)nc(C2CC2)n1)c1ccc(F)cc1. The van der Waals surface area contributed by atoms with E-state index >= 15 is 0 Å². The lowest BCUT2D eigenvalue weighted by Crippen LogP contribution is -2.18. The highest BCUT2D eigenvalue weighted by Gasteiger charge is 2.29. The van der Waals surface area contributed by atoms with Crippen LogP contribution in [0.2, 0.25) is 0 Å². The number of aromatic amines is 1. The minimum absolute atomic E-state index is 0.178. The third kappa shape index (κ3) is 4.19. The first kappa shape index (κ1) is 18.0. The summed E-state index contributed by atoms with van der Waals surface area (Å²) in [5.41, 5.74) is 1.87. The maximum absolute atomic E-state index is 13.2. The van der Waals surface area contributed by atoms with Crippen molar-refractivity contribution in [2.45, 2.75) is 43.6 Å². The van der Waals surface area contributed by atoms with Gasteiger partial charge >= 0.3 is 0 Å². The van der Waals surface area contributed by atoms with Crippen molar-refractivity contribution >= 4 is 17.7 Å². The van der Waals surface area contributed by atoms with Crippen molar-refractivity contribution in [3.8, 4) is 0 Å². The van der Waals surface area contributed by atoms with Gasteiger partial charge in [-0.05, 0) is 43.4 Å². The average molecular weight is 395 g/mol. The first-order valence-electron chi connectivity index (χ1n) is 9.89. The maximum Gasteiger partial charge on any atom is 0.233 e. The number of aliphatic hydroxyl groups excluding tert-OH is 1. The molecule has 8 nitrogen and oxygen atoms in total. The van der Waals surface area contributed by atoms with Crippen LogP contribution in [0, 0.1) is 5.82 Å². The van der Waals surface area contributed by atoms with Crippen LogP contribution in [0.5, 0.6) is 0 Å². The molecule has 2 fully saturated rings. The number of H-pyrrole nitrogens is 1. The monoisotopic (exact) mass is 395 g/mol. The lowest BCUT2D eigenvalue weighted by Gasteiger charge is -2.17. The molecule has 4 N–H and O–H groups in total. The van der Waals surface area contributed by atoms with E-state index in [1.54, 1.807) is 12.1 Å². The topological polar surface area (TPSA) is 112 Å². The molecule has 29 heavy (non-hydrogen) atoms. The highest BCUT2D eigenvalue weighted by Crippen LogP contribution is 2.40. The summed E-state index contributed by atoms with van der Waals surface area (Å²) in [5.74, 6) is 2.76. The predicted molar refractivity (Wildman–Crippen MR) is 105 cm³/mol. The van der Waals surface area contributed by atoms with E-state index in [2.05, 4.69) is 35.8 Å². The van der Waals surface area contributed by atoms with Gasteiger partial charge in [0.1, 0.15) is 11.6 Å². The Morgan fingerprint density at radius 2 is 1.76 bits per heavy atom. The van der Waals surface area contributed by atoms with Crippen LogP contribution in [0.15, 0.2) is 30.3 Å². The molecule has 0 aliphatic heterocycles. The quantitative estimate of drug-likeness (QED) is 0.463. The molecule has 2 aliphatic rings. The number of benzene rings is 1. The van der Waals surface area contributed by atoms with E-state index in [1.807, 2.05) is 6.07 Å². The zero-order valence-electron chi connectivity index (χ0n) is 15.8. The van der Waals surface area contributed by atoms with Crippen LogP contribution in [0.1, 0.15) is 60.6 Å². The first-order valence-corrected chi connectivity index (χ1v) is 9.89. The third-order valence-electron chi connectivity index (χ3n) is 5.21. The van der Waals surface area contributed by atoms with Crippen molar-refractivity contribution in [1.82, 2.24) is 25.1 Å². The first-order chi connectivity index (χ1) is 14.2. The highest BCUT2D eigenvalue weighted by molar-refractivity contribution is 5.50. The zero-order chi connectivity index (χ0) is 19.8. The molecule has 2 heterocycles. The van der Waals surface area contributed by atoms with Crippen LogP contribution in [-0.4, -0.2) is 36.9 Å². The lowest BCUT2D eigenvalue weighted by atomic mass is 10.1. The number of nitrogens with one attached hydrogen (secondary N) is 3. The van der Waals surface area contributed by atoms with Crippen molar-refractivity contribution in [1.29, 1.82) is 0 Å². The van der Waals surface area contributed by atoms with Gasteiger partial charge in [0.25, 0.3) is 0 Å². The molecule has 2 saturated carbocycles. The lowest BCUT2D eigenvalue weighted by molar-refractivity contribution is 0.275. The number of rotatable bonds is 8. The maximum atomic E-state index is 13.2. The van der Waals surface area contributed by atoms with E-state index in [4.69, 9.17) is 0 Å². The van der Waals surface area contributed by atoms with Gasteiger partial charge < -0.3 is 15.7 Å². The molecule has 2 aliphatic carbocycles. The van der Waals surface area contributed by atoms with E-state index in [1.165, 1.54) is 25.0 Å². The Balaban J connectivity index is 1.38. The highest BCUT2D eigenvalue weighted by atomic mass is 19.1. The van der Waals surface area contributed by atoms with Crippen molar-refractivity contribution in [3.05, 3.63) is 53.2 Å². The summed E-state index contributed by atoms with van der Waals surface area (Å²) in [5, 5.41) is 23.5. The van der Waals surface area contributed by atoms with E-state index in [9.17, 15) is 9.50 Å². The van der Waals surface area contributed by atoms with Gasteiger partial charge in [-0.25, -0.2) is 4.39 Å². The van der Waals surface area contributed by atoms with Crippen molar-refractivity contribution in [2.24, 2.45) is 0 Å². The van der Waals surface area contributed by atoms with E-state index < -0.39 is 6.04 Å². The second-order valence-corrected chi connectivity index (χ2v) is 7.65. The number of aromatic nitrogens is 5. The smallest absolute Gasteiger partial charge is 0.233 e. The fourth-order valence-electron chi connectivity index (χ4n) is 3.24. The second-order valence-electron chi connectivity index (χ2n) is 7.65. The summed E-state index contributed by atoms with van der Waals surface area (Å²) < 4.78 is 13.2. The summed E-state index contributed by atoms with van der Waals surface area (Å²) in [6, 6.07) is 7.53. The Morgan fingerprint density at radius 1 is 1.03 bits per heavy atom. The second kappa shape index (κ2) is 7.40. The van der Waals surface area contributed by atoms with Crippen LogP contribution in [0.3, 0.4) is 0 Å².